The van der Waals surface area contributed by atoms with Gasteiger partial charge >= 0.3 is 0 Å². The van der Waals surface area contributed by atoms with Crippen LogP contribution in [-0.2, 0) is 23.7 Å². The van der Waals surface area contributed by atoms with E-state index in [1.807, 2.05) is 0 Å². The van der Waals surface area contributed by atoms with Crippen molar-refractivity contribution in [3.05, 3.63) is 0 Å². The molecule has 0 radical (unpaired) electrons. The van der Waals surface area contributed by atoms with E-state index < -0.39 is 72.7 Å². The Labute approximate surface area is 245 Å². The first-order valence-corrected chi connectivity index (χ1v) is 14.6. The molecule has 3 fully saturated rings. The zero-order valence-electron chi connectivity index (χ0n) is 24.4. The molecule has 1 amide bonds. The van der Waals surface area contributed by atoms with E-state index in [0.29, 0.717) is 32.4 Å². The fourth-order valence-corrected chi connectivity index (χ4v) is 5.56. The Morgan fingerprint density at radius 2 is 1.93 bits per heavy atom. The van der Waals surface area contributed by atoms with Gasteiger partial charge in [0.25, 0.3) is 5.91 Å². The normalized spacial score (nSPS) is 41.1. The van der Waals surface area contributed by atoms with E-state index in [4.69, 9.17) is 41.3 Å². The Kier molecular flexibility index (Phi) is 13.6. The van der Waals surface area contributed by atoms with Crippen molar-refractivity contribution in [3.8, 4) is 0 Å². The highest BCUT2D eigenvalue weighted by Gasteiger charge is 2.51. The zero-order valence-corrected chi connectivity index (χ0v) is 24.4. The van der Waals surface area contributed by atoms with Crippen LogP contribution in [0, 0.1) is 0 Å². The Balaban J connectivity index is 1.82. The SMILES string of the molecule is CN[C@@H]1C(O)[C@@H](OC2C(=NC(=O)[C@@H](O)CCCN)C[C@H](N)C(O[C@H]3O[C@H](CNCCO)CCC3N)C2O)OCC1(C)O. The quantitative estimate of drug-likeness (QED) is 0.0883. The third-order valence-electron chi connectivity index (χ3n) is 7.93. The van der Waals surface area contributed by atoms with Crippen LogP contribution in [-0.4, -0.2) is 150 Å². The lowest BCUT2D eigenvalue weighted by molar-refractivity contribution is -0.292. The number of nitrogens with zero attached hydrogens (tertiary/aromatic N) is 1. The highest BCUT2D eigenvalue weighted by atomic mass is 16.7. The summed E-state index contributed by atoms with van der Waals surface area (Å²) in [6, 6.07) is -2.20. The molecular weight excluding hydrogens is 556 g/mol. The smallest absolute Gasteiger partial charge is 0.274 e. The number of carbonyl (C=O) groups excluding carboxylic acids is 1. The molecule has 244 valence electrons. The standard InChI is InChI=1S/C26H50N6O10/c1-26(38)12-39-25(19(36)22(26)30-2)42-21-16(32-23(37)17(34)4-3-7-27)10-15(29)20(18(21)35)41-24-14(28)6-5-13(40-24)11-31-8-9-33/h13-15,17-22,24-25,30-31,33-36,38H,3-12,27-29H2,1-2H3/t13-,14?,15-,17-,18?,19?,20?,21?,22+,24+,25+,26?/m0/s1. The number of aliphatic hydroxyl groups is 5. The van der Waals surface area contributed by atoms with Gasteiger partial charge in [-0.1, -0.05) is 0 Å². The van der Waals surface area contributed by atoms with Gasteiger partial charge in [0.05, 0.1) is 37.1 Å². The van der Waals surface area contributed by atoms with E-state index in [1.54, 1.807) is 7.05 Å². The molecule has 0 spiro atoms. The number of aliphatic hydroxyl groups excluding tert-OH is 4. The zero-order chi connectivity index (χ0) is 31.0. The van der Waals surface area contributed by atoms with Crippen LogP contribution in [0.1, 0.15) is 39.0 Å². The van der Waals surface area contributed by atoms with Gasteiger partial charge < -0.3 is 72.3 Å². The molecule has 0 aromatic heterocycles. The van der Waals surface area contributed by atoms with E-state index in [1.165, 1.54) is 6.92 Å². The fourth-order valence-electron chi connectivity index (χ4n) is 5.56. The molecule has 0 aromatic rings. The molecule has 6 unspecified atom stereocenters. The summed E-state index contributed by atoms with van der Waals surface area (Å²) in [6.07, 6.45) is -7.45. The number of nitrogens with two attached hydrogens (primary N) is 3. The number of aliphatic imine (C=N–C) groups is 1. The summed E-state index contributed by atoms with van der Waals surface area (Å²) in [7, 11) is 1.57. The molecule has 2 heterocycles. The molecule has 42 heavy (non-hydrogen) atoms. The average Bonchev–Trinajstić information content (AvgIpc) is 2.94. The van der Waals surface area contributed by atoms with Gasteiger partial charge in [0.15, 0.2) is 12.6 Å². The molecule has 2 aliphatic heterocycles. The van der Waals surface area contributed by atoms with Gasteiger partial charge in [-0.2, -0.15) is 0 Å². The van der Waals surface area contributed by atoms with Crippen LogP contribution >= 0.6 is 0 Å². The minimum absolute atomic E-state index is 0.0148. The number of carbonyl (C=O) groups is 1. The molecule has 3 aliphatic rings. The maximum absolute atomic E-state index is 12.7. The molecule has 1 aliphatic carbocycles. The van der Waals surface area contributed by atoms with Gasteiger partial charge in [-0.3, -0.25) is 4.79 Å². The number of rotatable bonds is 13. The number of amides is 1. The van der Waals surface area contributed by atoms with E-state index in [-0.39, 0.29) is 44.4 Å². The molecular formula is C26H50N6O10. The molecule has 13 N–H and O–H groups in total. The van der Waals surface area contributed by atoms with Gasteiger partial charge in [-0.05, 0) is 46.2 Å². The minimum atomic E-state index is -1.50. The maximum Gasteiger partial charge on any atom is 0.274 e. The van der Waals surface area contributed by atoms with Crippen LogP contribution in [0.15, 0.2) is 4.99 Å². The third kappa shape index (κ3) is 8.92. The van der Waals surface area contributed by atoms with Crippen LogP contribution in [0.25, 0.3) is 0 Å². The highest BCUT2D eigenvalue weighted by Crippen LogP contribution is 2.31. The van der Waals surface area contributed by atoms with Crippen LogP contribution in [0.2, 0.25) is 0 Å². The summed E-state index contributed by atoms with van der Waals surface area (Å²) in [6.45, 7) is 2.45. The van der Waals surface area contributed by atoms with Crippen molar-refractivity contribution in [3.63, 3.8) is 0 Å². The van der Waals surface area contributed by atoms with E-state index in [9.17, 15) is 25.2 Å². The topological polar surface area (TPSA) is 270 Å². The van der Waals surface area contributed by atoms with Crippen molar-refractivity contribution in [1.29, 1.82) is 0 Å². The van der Waals surface area contributed by atoms with Gasteiger partial charge in [-0.15, -0.1) is 0 Å². The number of ether oxygens (including phenoxy) is 4. The van der Waals surface area contributed by atoms with Crippen LogP contribution in [0.3, 0.4) is 0 Å². The van der Waals surface area contributed by atoms with Crippen molar-refractivity contribution in [2.24, 2.45) is 22.2 Å². The summed E-state index contributed by atoms with van der Waals surface area (Å²) in [5, 5.41) is 58.3. The van der Waals surface area contributed by atoms with Gasteiger partial charge in [0.1, 0.15) is 36.1 Å². The molecule has 1 saturated carbocycles. The Morgan fingerprint density at radius 1 is 1.19 bits per heavy atom. The first kappa shape index (κ1) is 35.3. The second-order valence-corrected chi connectivity index (χ2v) is 11.5. The minimum Gasteiger partial charge on any atom is -0.395 e. The number of likely N-dealkylation sites (N-methyl/N-ethyl adjacent to an activating group) is 1. The summed E-state index contributed by atoms with van der Waals surface area (Å²) in [5.41, 5.74) is 16.8. The molecule has 12 atom stereocenters. The van der Waals surface area contributed by atoms with E-state index in [0.717, 1.165) is 0 Å². The molecule has 2 saturated heterocycles. The first-order valence-electron chi connectivity index (χ1n) is 14.6. The predicted octanol–water partition coefficient (Wildman–Crippen LogP) is -4.61. The fraction of sp³-hybridized carbons (Fsp3) is 0.923. The number of nitrogens with one attached hydrogen (secondary N) is 2. The van der Waals surface area contributed by atoms with Crippen LogP contribution in [0.4, 0.5) is 0 Å². The van der Waals surface area contributed by atoms with Crippen LogP contribution in [0.5, 0.6) is 0 Å². The van der Waals surface area contributed by atoms with E-state index in [2.05, 4.69) is 15.6 Å². The van der Waals surface area contributed by atoms with Crippen molar-refractivity contribution in [2.45, 2.75) is 112 Å². The van der Waals surface area contributed by atoms with Crippen molar-refractivity contribution in [2.75, 3.05) is 39.9 Å². The van der Waals surface area contributed by atoms with Crippen LogP contribution < -0.4 is 27.8 Å². The second kappa shape index (κ2) is 16.2. The molecule has 16 heteroatoms. The lowest BCUT2D eigenvalue weighted by atomic mass is 9.85. The lowest BCUT2D eigenvalue weighted by Gasteiger charge is -2.47. The number of hydrogen-bond acceptors (Lipinski definition) is 15. The van der Waals surface area contributed by atoms with Gasteiger partial charge in [0.2, 0.25) is 0 Å². The summed E-state index contributed by atoms with van der Waals surface area (Å²) < 4.78 is 23.8. The monoisotopic (exact) mass is 606 g/mol. The Morgan fingerprint density at radius 3 is 2.60 bits per heavy atom. The molecule has 3 rings (SSSR count). The summed E-state index contributed by atoms with van der Waals surface area (Å²) in [5.74, 6) is -0.845. The first-order chi connectivity index (χ1) is 19.9. The van der Waals surface area contributed by atoms with Crippen molar-refractivity contribution in [1.82, 2.24) is 10.6 Å². The largest absolute Gasteiger partial charge is 0.395 e. The molecule has 0 bridgehead atoms. The maximum atomic E-state index is 12.7. The van der Waals surface area contributed by atoms with Crippen molar-refractivity contribution >= 4 is 11.6 Å². The molecule has 16 nitrogen and oxygen atoms in total. The lowest BCUT2D eigenvalue weighted by Crippen LogP contribution is -2.67. The highest BCUT2D eigenvalue weighted by molar-refractivity contribution is 6.00. The Bertz CT molecular complexity index is 885. The van der Waals surface area contributed by atoms with E-state index >= 15 is 0 Å². The Hall–Kier alpha value is -1.22. The average molecular weight is 607 g/mol. The van der Waals surface area contributed by atoms with Gasteiger partial charge in [0, 0.05) is 25.6 Å². The summed E-state index contributed by atoms with van der Waals surface area (Å²) >= 11 is 0. The number of hydrogen-bond donors (Lipinski definition) is 10. The third-order valence-corrected chi connectivity index (χ3v) is 7.93. The summed E-state index contributed by atoms with van der Waals surface area (Å²) in [4.78, 5) is 16.8. The molecule has 0 aromatic carbocycles. The van der Waals surface area contributed by atoms with Gasteiger partial charge in [-0.25, -0.2) is 4.99 Å². The second-order valence-electron chi connectivity index (χ2n) is 11.5. The predicted molar refractivity (Wildman–Crippen MR) is 150 cm³/mol. The van der Waals surface area contributed by atoms with Crippen molar-refractivity contribution < 1.29 is 49.3 Å².